The Morgan fingerprint density at radius 2 is 1.73 bits per heavy atom. The summed E-state index contributed by atoms with van der Waals surface area (Å²) in [5.74, 6) is 0.340. The number of phenols is 2. The second kappa shape index (κ2) is 6.52. The minimum Gasteiger partial charge on any atom is -0.508 e. The smallest absolute Gasteiger partial charge is 0.312 e. The Bertz CT molecular complexity index is 1360. The van der Waals surface area contributed by atoms with Crippen molar-refractivity contribution in [1.29, 1.82) is 0 Å². The number of benzene rings is 2. The summed E-state index contributed by atoms with van der Waals surface area (Å²) in [7, 11) is 0. The van der Waals surface area contributed by atoms with E-state index in [1.165, 1.54) is 24.3 Å². The molecule has 5 rings (SSSR count). The molecule has 150 valence electrons. The number of rotatable bonds is 2. The van der Waals surface area contributed by atoms with Gasteiger partial charge in [0.1, 0.15) is 45.5 Å². The van der Waals surface area contributed by atoms with Gasteiger partial charge in [-0.2, -0.15) is 0 Å². The number of phenolic OH excluding ortho intramolecular Hbond substituents is 2. The quantitative estimate of drug-likeness (QED) is 0.380. The van der Waals surface area contributed by atoms with Crippen LogP contribution in [0.3, 0.4) is 0 Å². The molecule has 2 aromatic heterocycles. The van der Waals surface area contributed by atoms with Crippen LogP contribution in [0.1, 0.15) is 29.4 Å². The van der Waals surface area contributed by atoms with Crippen molar-refractivity contribution in [2.75, 3.05) is 0 Å². The first-order chi connectivity index (χ1) is 14.4. The van der Waals surface area contributed by atoms with E-state index in [0.29, 0.717) is 22.6 Å². The predicted molar refractivity (Wildman–Crippen MR) is 107 cm³/mol. The SMILES string of the molecule is Cc1ccc([C@H]2CC(=O)Oc3cc(O)c4c(=O)cc(-c5ccc(O)cc5)oc4c32)o1. The van der Waals surface area contributed by atoms with E-state index in [1.54, 1.807) is 31.2 Å². The molecular formula is C23H16O7. The second-order valence-corrected chi connectivity index (χ2v) is 7.21. The van der Waals surface area contributed by atoms with Crippen molar-refractivity contribution in [1.82, 2.24) is 0 Å². The van der Waals surface area contributed by atoms with Crippen LogP contribution in [0, 0.1) is 6.92 Å². The maximum atomic E-state index is 12.9. The van der Waals surface area contributed by atoms with Gasteiger partial charge in [0, 0.05) is 23.3 Å². The lowest BCUT2D eigenvalue weighted by Gasteiger charge is -2.24. The molecular weight excluding hydrogens is 388 g/mol. The summed E-state index contributed by atoms with van der Waals surface area (Å²) in [6.07, 6.45) is 0.00692. The van der Waals surface area contributed by atoms with E-state index in [2.05, 4.69) is 0 Å². The first kappa shape index (κ1) is 18.1. The first-order valence-corrected chi connectivity index (χ1v) is 9.31. The molecule has 2 N–H and O–H groups in total. The van der Waals surface area contributed by atoms with Crippen LogP contribution in [-0.2, 0) is 4.79 Å². The van der Waals surface area contributed by atoms with Gasteiger partial charge in [0.15, 0.2) is 5.43 Å². The van der Waals surface area contributed by atoms with Gasteiger partial charge in [0.25, 0.3) is 0 Å². The molecule has 2 aromatic carbocycles. The number of fused-ring (bicyclic) bond motifs is 3. The molecule has 0 amide bonds. The number of furan rings is 1. The van der Waals surface area contributed by atoms with E-state index >= 15 is 0 Å². The number of carbonyl (C=O) groups excluding carboxylic acids is 1. The Kier molecular flexibility index (Phi) is 3.92. The number of hydrogen-bond donors (Lipinski definition) is 2. The summed E-state index contributed by atoms with van der Waals surface area (Å²) in [6, 6.07) is 12.3. The average Bonchev–Trinajstić information content (AvgIpc) is 3.13. The third-order valence-corrected chi connectivity index (χ3v) is 5.18. The predicted octanol–water partition coefficient (Wildman–Crippen LogP) is 4.21. The highest BCUT2D eigenvalue weighted by Crippen LogP contribution is 2.46. The van der Waals surface area contributed by atoms with Crippen molar-refractivity contribution in [2.24, 2.45) is 0 Å². The summed E-state index contributed by atoms with van der Waals surface area (Å²) in [4.78, 5) is 25.0. The molecule has 0 unspecified atom stereocenters. The highest BCUT2D eigenvalue weighted by atomic mass is 16.5. The number of esters is 1. The van der Waals surface area contributed by atoms with Crippen molar-refractivity contribution in [3.05, 3.63) is 75.8 Å². The zero-order valence-electron chi connectivity index (χ0n) is 15.8. The van der Waals surface area contributed by atoms with Crippen molar-refractivity contribution in [3.63, 3.8) is 0 Å². The summed E-state index contributed by atoms with van der Waals surface area (Å²) >= 11 is 0. The molecule has 0 fully saturated rings. The van der Waals surface area contributed by atoms with E-state index in [4.69, 9.17) is 13.6 Å². The van der Waals surface area contributed by atoms with Crippen LogP contribution < -0.4 is 10.2 Å². The fourth-order valence-electron chi connectivity index (χ4n) is 3.81. The Morgan fingerprint density at radius 3 is 2.43 bits per heavy atom. The molecule has 0 saturated heterocycles. The van der Waals surface area contributed by atoms with Gasteiger partial charge in [-0.1, -0.05) is 0 Å². The largest absolute Gasteiger partial charge is 0.508 e. The van der Waals surface area contributed by atoms with Crippen molar-refractivity contribution >= 4 is 16.9 Å². The molecule has 3 heterocycles. The van der Waals surface area contributed by atoms with E-state index in [-0.39, 0.29) is 40.4 Å². The fraction of sp³-hybridized carbons (Fsp3) is 0.130. The van der Waals surface area contributed by atoms with Gasteiger partial charge in [-0.05, 0) is 43.3 Å². The fourth-order valence-corrected chi connectivity index (χ4v) is 3.81. The Morgan fingerprint density at radius 1 is 0.967 bits per heavy atom. The summed E-state index contributed by atoms with van der Waals surface area (Å²) in [6.45, 7) is 1.80. The van der Waals surface area contributed by atoms with E-state index in [0.717, 1.165) is 0 Å². The molecule has 1 atom stereocenters. The number of hydrogen-bond acceptors (Lipinski definition) is 7. The topological polar surface area (TPSA) is 110 Å². The third-order valence-electron chi connectivity index (χ3n) is 5.18. The van der Waals surface area contributed by atoms with Crippen LogP contribution in [0.2, 0.25) is 0 Å². The Hall–Kier alpha value is -4.00. The highest BCUT2D eigenvalue weighted by molar-refractivity contribution is 5.93. The molecule has 7 heteroatoms. The van der Waals surface area contributed by atoms with Crippen LogP contribution in [0.5, 0.6) is 17.2 Å². The van der Waals surface area contributed by atoms with Crippen molar-refractivity contribution in [3.8, 4) is 28.6 Å². The maximum Gasteiger partial charge on any atom is 0.312 e. The lowest BCUT2D eigenvalue weighted by atomic mass is 9.88. The van der Waals surface area contributed by atoms with Gasteiger partial charge in [-0.3, -0.25) is 9.59 Å². The standard InChI is InChI=1S/C23H16O7/c1-11-2-7-17(28-11)14-8-20(27)29-19-10-16(26)22-15(25)9-18(30-23(22)21(14)19)12-3-5-13(24)6-4-12/h2-7,9-10,14,24,26H,8H2,1H3/t14-/m1/s1. The molecule has 30 heavy (non-hydrogen) atoms. The summed E-state index contributed by atoms with van der Waals surface area (Å²) in [5, 5.41) is 20.0. The van der Waals surface area contributed by atoms with Crippen LogP contribution in [0.15, 0.2) is 62.2 Å². The maximum absolute atomic E-state index is 12.9. The Labute approximate surface area is 169 Å². The minimum atomic E-state index is -0.531. The van der Waals surface area contributed by atoms with Gasteiger partial charge in [0.05, 0.1) is 12.3 Å². The molecule has 0 bridgehead atoms. The monoisotopic (exact) mass is 404 g/mol. The van der Waals surface area contributed by atoms with Gasteiger partial charge in [-0.15, -0.1) is 0 Å². The lowest BCUT2D eigenvalue weighted by molar-refractivity contribution is -0.135. The van der Waals surface area contributed by atoms with E-state index < -0.39 is 17.3 Å². The van der Waals surface area contributed by atoms with E-state index in [1.807, 2.05) is 0 Å². The van der Waals surface area contributed by atoms with Gasteiger partial charge < -0.3 is 23.8 Å². The number of aromatic hydroxyl groups is 2. The first-order valence-electron chi connectivity index (χ1n) is 9.31. The Balaban J connectivity index is 1.82. The molecule has 4 aromatic rings. The molecule has 7 nitrogen and oxygen atoms in total. The van der Waals surface area contributed by atoms with Crippen molar-refractivity contribution in [2.45, 2.75) is 19.3 Å². The average molecular weight is 404 g/mol. The van der Waals surface area contributed by atoms with Gasteiger partial charge >= 0.3 is 5.97 Å². The second-order valence-electron chi connectivity index (χ2n) is 7.21. The van der Waals surface area contributed by atoms with Gasteiger partial charge in [0.2, 0.25) is 0 Å². The lowest BCUT2D eigenvalue weighted by Crippen LogP contribution is -2.21. The minimum absolute atomic E-state index is 0.00232. The van der Waals surface area contributed by atoms with Crippen LogP contribution in [-0.4, -0.2) is 16.2 Å². The number of ether oxygens (including phenoxy) is 1. The van der Waals surface area contributed by atoms with Crippen LogP contribution in [0.4, 0.5) is 0 Å². The van der Waals surface area contributed by atoms with E-state index in [9.17, 15) is 19.8 Å². The number of carbonyl (C=O) groups is 1. The summed E-state index contributed by atoms with van der Waals surface area (Å²) < 4.78 is 17.2. The molecule has 1 aliphatic heterocycles. The molecule has 0 aliphatic carbocycles. The zero-order valence-corrected chi connectivity index (χ0v) is 15.8. The molecule has 0 spiro atoms. The molecule has 0 radical (unpaired) electrons. The number of aryl methyl sites for hydroxylation is 1. The van der Waals surface area contributed by atoms with Crippen LogP contribution in [0.25, 0.3) is 22.3 Å². The van der Waals surface area contributed by atoms with Crippen LogP contribution >= 0.6 is 0 Å². The third kappa shape index (κ3) is 2.83. The summed E-state index contributed by atoms with van der Waals surface area (Å²) in [5.41, 5.74) is 0.731. The van der Waals surface area contributed by atoms with Crippen molar-refractivity contribution < 1.29 is 28.6 Å². The molecule has 0 saturated carbocycles. The molecule has 1 aliphatic rings. The normalized spacial score (nSPS) is 15.8. The zero-order chi connectivity index (χ0) is 21.0. The van der Waals surface area contributed by atoms with Gasteiger partial charge in [-0.25, -0.2) is 0 Å². The highest BCUT2D eigenvalue weighted by Gasteiger charge is 2.35.